The van der Waals surface area contributed by atoms with Crippen LogP contribution in [-0.4, -0.2) is 34.7 Å². The van der Waals surface area contributed by atoms with Gasteiger partial charge < -0.3 is 15.2 Å². The number of amides is 1. The molecule has 148 valence electrons. The van der Waals surface area contributed by atoms with Crippen LogP contribution in [0.2, 0.25) is 5.02 Å². The van der Waals surface area contributed by atoms with Crippen LogP contribution in [0, 0.1) is 5.82 Å². The van der Waals surface area contributed by atoms with Crippen molar-refractivity contribution in [3.8, 4) is 0 Å². The minimum absolute atomic E-state index is 0.0211. The summed E-state index contributed by atoms with van der Waals surface area (Å²) >= 11 is 5.97. The summed E-state index contributed by atoms with van der Waals surface area (Å²) < 4.78 is 14.0. The molecule has 4 rings (SSSR count). The average Bonchev–Trinajstić information content (AvgIpc) is 3.40. The number of rotatable bonds is 5. The van der Waals surface area contributed by atoms with Crippen molar-refractivity contribution >= 4 is 34.8 Å². The van der Waals surface area contributed by atoms with Gasteiger partial charge in [0.05, 0.1) is 16.3 Å². The fourth-order valence-electron chi connectivity index (χ4n) is 3.38. The van der Waals surface area contributed by atoms with E-state index in [9.17, 15) is 14.0 Å². The zero-order valence-corrected chi connectivity index (χ0v) is 16.2. The zero-order chi connectivity index (χ0) is 20.4. The Morgan fingerprint density at radius 1 is 1.17 bits per heavy atom. The van der Waals surface area contributed by atoms with Crippen LogP contribution < -0.4 is 10.2 Å². The normalized spacial score (nSPS) is 13.5. The lowest BCUT2D eigenvalue weighted by atomic mass is 10.1. The van der Waals surface area contributed by atoms with Gasteiger partial charge in [-0.3, -0.25) is 9.59 Å². The lowest BCUT2D eigenvalue weighted by molar-refractivity contribution is 0.102. The Kier molecular flexibility index (Phi) is 5.31. The van der Waals surface area contributed by atoms with Crippen LogP contribution >= 0.6 is 11.6 Å². The van der Waals surface area contributed by atoms with Gasteiger partial charge in [-0.2, -0.15) is 0 Å². The van der Waals surface area contributed by atoms with E-state index in [1.165, 1.54) is 30.5 Å². The Bertz CT molecular complexity index is 1060. The summed E-state index contributed by atoms with van der Waals surface area (Å²) in [5.41, 5.74) is 0.702. The molecular formula is C21H18ClFN4O2. The number of anilines is 2. The van der Waals surface area contributed by atoms with Crippen LogP contribution in [0.4, 0.5) is 15.9 Å². The molecule has 0 bridgehead atoms. The molecule has 0 aliphatic carbocycles. The molecule has 1 amide bonds. The first-order valence-corrected chi connectivity index (χ1v) is 9.61. The monoisotopic (exact) mass is 412 g/mol. The number of pyridine rings is 1. The number of aromatic nitrogens is 2. The highest BCUT2D eigenvalue weighted by Crippen LogP contribution is 2.27. The number of carbonyl (C=O) groups excluding carboxylic acids is 2. The van der Waals surface area contributed by atoms with Gasteiger partial charge in [-0.1, -0.05) is 17.7 Å². The number of ketones is 1. The van der Waals surface area contributed by atoms with Crippen LogP contribution in [0.25, 0.3) is 0 Å². The van der Waals surface area contributed by atoms with E-state index in [2.05, 4.69) is 20.2 Å². The van der Waals surface area contributed by atoms with E-state index in [-0.39, 0.29) is 21.8 Å². The third-order valence-electron chi connectivity index (χ3n) is 4.82. The fourth-order valence-corrected chi connectivity index (χ4v) is 3.63. The standard InChI is InChI=1S/C21H18ClFN4O2/c22-14-5-3-6-15(23)18(14)19(28)13-11-17(25-12-13)21(29)26-16-7-4-8-24-20(16)27-9-1-2-10-27/h3-8,11-12,25H,1-2,9-10H2,(H,26,29). The summed E-state index contributed by atoms with van der Waals surface area (Å²) in [5, 5.41) is 2.85. The van der Waals surface area contributed by atoms with Crippen LogP contribution in [0.1, 0.15) is 39.3 Å². The molecule has 1 aliphatic heterocycles. The van der Waals surface area contributed by atoms with Gasteiger partial charge in [-0.25, -0.2) is 9.37 Å². The van der Waals surface area contributed by atoms with Crippen molar-refractivity contribution in [3.63, 3.8) is 0 Å². The molecule has 0 spiro atoms. The Hall–Kier alpha value is -3.19. The first-order valence-electron chi connectivity index (χ1n) is 9.23. The first kappa shape index (κ1) is 19.1. The Morgan fingerprint density at radius 2 is 1.97 bits per heavy atom. The average molecular weight is 413 g/mol. The van der Waals surface area contributed by atoms with Crippen LogP contribution in [0.15, 0.2) is 48.8 Å². The summed E-state index contributed by atoms with van der Waals surface area (Å²) in [5.74, 6) is -1.00. The third kappa shape index (κ3) is 3.86. The van der Waals surface area contributed by atoms with Crippen molar-refractivity contribution in [2.75, 3.05) is 23.3 Å². The van der Waals surface area contributed by atoms with Crippen molar-refractivity contribution in [3.05, 3.63) is 76.5 Å². The van der Waals surface area contributed by atoms with Crippen molar-refractivity contribution < 1.29 is 14.0 Å². The number of hydrogen-bond donors (Lipinski definition) is 2. The molecule has 3 aromatic rings. The van der Waals surface area contributed by atoms with Gasteiger partial charge in [0.15, 0.2) is 11.6 Å². The molecule has 1 aliphatic rings. The summed E-state index contributed by atoms with van der Waals surface area (Å²) in [6, 6.07) is 8.95. The third-order valence-corrected chi connectivity index (χ3v) is 5.14. The number of halogens is 2. The summed E-state index contributed by atoms with van der Waals surface area (Å²) in [6.45, 7) is 1.79. The highest BCUT2D eigenvalue weighted by Gasteiger charge is 2.22. The number of benzene rings is 1. The van der Waals surface area contributed by atoms with E-state index in [1.54, 1.807) is 18.3 Å². The Morgan fingerprint density at radius 3 is 2.72 bits per heavy atom. The highest BCUT2D eigenvalue weighted by molar-refractivity contribution is 6.35. The maximum atomic E-state index is 14.0. The molecule has 0 atom stereocenters. The molecule has 2 N–H and O–H groups in total. The Balaban J connectivity index is 1.55. The lowest BCUT2D eigenvalue weighted by Crippen LogP contribution is -2.22. The zero-order valence-electron chi connectivity index (χ0n) is 15.4. The number of carbonyl (C=O) groups is 2. The number of aromatic amines is 1. The van der Waals surface area contributed by atoms with Gasteiger partial charge in [0.2, 0.25) is 0 Å². The maximum absolute atomic E-state index is 14.0. The number of hydrogen-bond acceptors (Lipinski definition) is 4. The van der Waals surface area contributed by atoms with Crippen LogP contribution in [-0.2, 0) is 0 Å². The second-order valence-corrected chi connectivity index (χ2v) is 7.16. The van der Waals surface area contributed by atoms with Gasteiger partial charge in [0.1, 0.15) is 11.5 Å². The number of nitrogens with one attached hydrogen (secondary N) is 2. The van der Waals surface area contributed by atoms with Crippen LogP contribution in [0.5, 0.6) is 0 Å². The van der Waals surface area contributed by atoms with E-state index < -0.39 is 17.5 Å². The predicted molar refractivity (Wildman–Crippen MR) is 109 cm³/mol. The SMILES string of the molecule is O=C(Nc1cccnc1N1CCCC1)c1cc(C(=O)c2c(F)cccc2Cl)c[nH]1. The maximum Gasteiger partial charge on any atom is 0.272 e. The smallest absolute Gasteiger partial charge is 0.272 e. The first-order chi connectivity index (χ1) is 14.0. The van der Waals surface area contributed by atoms with Gasteiger partial charge in [-0.15, -0.1) is 0 Å². The molecule has 1 saturated heterocycles. The van der Waals surface area contributed by atoms with Crippen molar-refractivity contribution in [1.82, 2.24) is 9.97 Å². The van der Waals surface area contributed by atoms with E-state index >= 15 is 0 Å². The minimum Gasteiger partial charge on any atom is -0.356 e. The van der Waals surface area contributed by atoms with Crippen molar-refractivity contribution in [2.24, 2.45) is 0 Å². The molecule has 1 aromatic carbocycles. The molecular weight excluding hydrogens is 395 g/mol. The van der Waals surface area contributed by atoms with Crippen molar-refractivity contribution in [1.29, 1.82) is 0 Å². The lowest BCUT2D eigenvalue weighted by Gasteiger charge is -2.19. The topological polar surface area (TPSA) is 78.1 Å². The quantitative estimate of drug-likeness (QED) is 0.613. The molecule has 1 fully saturated rings. The summed E-state index contributed by atoms with van der Waals surface area (Å²) in [6.07, 6.45) is 5.23. The molecule has 3 heterocycles. The van der Waals surface area contributed by atoms with Gasteiger partial charge in [-0.05, 0) is 43.2 Å². The van der Waals surface area contributed by atoms with E-state index in [0.29, 0.717) is 5.69 Å². The molecule has 8 heteroatoms. The van der Waals surface area contributed by atoms with Gasteiger partial charge in [0.25, 0.3) is 5.91 Å². The number of nitrogens with zero attached hydrogens (tertiary/aromatic N) is 2. The molecule has 29 heavy (non-hydrogen) atoms. The van der Waals surface area contributed by atoms with Crippen molar-refractivity contribution in [2.45, 2.75) is 12.8 Å². The van der Waals surface area contributed by atoms with Gasteiger partial charge >= 0.3 is 0 Å². The molecule has 0 unspecified atom stereocenters. The predicted octanol–water partition coefficient (Wildman–Crippen LogP) is 4.29. The van der Waals surface area contributed by atoms with E-state index in [1.807, 2.05) is 0 Å². The molecule has 0 radical (unpaired) electrons. The molecule has 0 saturated carbocycles. The molecule has 2 aromatic heterocycles. The largest absolute Gasteiger partial charge is 0.356 e. The second-order valence-electron chi connectivity index (χ2n) is 6.75. The summed E-state index contributed by atoms with van der Waals surface area (Å²) in [7, 11) is 0. The second kappa shape index (κ2) is 8.05. The Labute approximate surface area is 171 Å². The summed E-state index contributed by atoms with van der Waals surface area (Å²) in [4.78, 5) is 34.6. The van der Waals surface area contributed by atoms with Crippen LogP contribution in [0.3, 0.4) is 0 Å². The molecule has 6 nitrogen and oxygen atoms in total. The minimum atomic E-state index is -0.708. The van der Waals surface area contributed by atoms with E-state index in [0.717, 1.165) is 31.7 Å². The van der Waals surface area contributed by atoms with E-state index in [4.69, 9.17) is 11.6 Å². The van der Waals surface area contributed by atoms with Gasteiger partial charge in [0, 0.05) is 31.0 Å². The highest BCUT2D eigenvalue weighted by atomic mass is 35.5. The fraction of sp³-hybridized carbons (Fsp3) is 0.190. The number of H-pyrrole nitrogens is 1.